The zero-order valence-electron chi connectivity index (χ0n) is 49.5. The van der Waals surface area contributed by atoms with Crippen LogP contribution in [0.3, 0.4) is 0 Å². The van der Waals surface area contributed by atoms with Crippen LogP contribution < -0.4 is 5.32 Å². The molecule has 19 nitrogen and oxygen atoms in total. The average Bonchev–Trinajstić information content (AvgIpc) is 3.60. The van der Waals surface area contributed by atoms with Gasteiger partial charge in [-0.3, -0.25) is 33.6 Å². The fraction of sp³-hybridized carbons (Fsp3) is 0.828. The molecule has 0 aromatic carbocycles. The van der Waals surface area contributed by atoms with Gasteiger partial charge in [0.05, 0.1) is 12.3 Å². The van der Waals surface area contributed by atoms with Crippen LogP contribution in [0.1, 0.15) is 250 Å². The maximum absolute atomic E-state index is 13.3. The number of hydrogen-bond donors (Lipinski definition) is 1. The number of nitrogens with zero attached hydrogens (tertiary/aromatic N) is 3. The third-order valence-corrected chi connectivity index (χ3v) is 12.0. The van der Waals surface area contributed by atoms with Gasteiger partial charge in [-0.25, -0.2) is 14.4 Å². The maximum Gasteiger partial charge on any atom is 0.410 e. The molecule has 5 amide bonds. The summed E-state index contributed by atoms with van der Waals surface area (Å²) in [6, 6.07) is 0. The summed E-state index contributed by atoms with van der Waals surface area (Å²) in [6.45, 7) is 23.0. The molecule has 19 heteroatoms. The van der Waals surface area contributed by atoms with Crippen LogP contribution >= 0.6 is 0 Å². The van der Waals surface area contributed by atoms with Crippen LogP contribution in [0, 0.1) is 5.92 Å². The minimum Gasteiger partial charge on any atom is -0.460 e. The number of ether oxygens (including phenoxy) is 4. The number of unbranched alkanes of at least 4 members (excludes halogenated alkanes) is 12. The molecule has 0 unspecified atom stereocenters. The SMILES string of the molecule is CC(C)(C)OC(=O)CCCCCCCCCCCCCC(=O)C[C@@H](CCC(=O)NCCCN(CCCCN(CCCCC(=O)CCC(=O)ON1C(=O)CCC1=O)C(=O)OC(C)(C)C)C(=O)OC(C)(C)C)C(=O)OC(C)(C)C. The van der Waals surface area contributed by atoms with E-state index in [4.69, 9.17) is 23.8 Å². The van der Waals surface area contributed by atoms with E-state index in [0.29, 0.717) is 69.6 Å². The number of hydroxylamine groups is 2. The zero-order valence-corrected chi connectivity index (χ0v) is 49.5. The molecule has 1 saturated heterocycles. The minimum absolute atomic E-state index is 0.0133. The zero-order chi connectivity index (χ0) is 58.2. The van der Waals surface area contributed by atoms with Crippen LogP contribution in [-0.4, -0.2) is 129 Å². The molecular weight excluding hydrogens is 993 g/mol. The van der Waals surface area contributed by atoms with Crippen molar-refractivity contribution in [2.45, 2.75) is 272 Å². The fourth-order valence-electron chi connectivity index (χ4n) is 8.18. The third kappa shape index (κ3) is 37.4. The molecular formula is C58H100N4O15. The Morgan fingerprint density at radius 1 is 0.455 bits per heavy atom. The number of carbonyl (C=O) groups excluding carboxylic acids is 10. The molecule has 442 valence electrons. The second-order valence-corrected chi connectivity index (χ2v) is 24.4. The lowest BCUT2D eigenvalue weighted by Gasteiger charge is -2.29. The Kier molecular flexibility index (Phi) is 32.8. The van der Waals surface area contributed by atoms with E-state index in [-0.39, 0.29) is 87.9 Å². The van der Waals surface area contributed by atoms with Crippen molar-refractivity contribution >= 4 is 59.4 Å². The summed E-state index contributed by atoms with van der Waals surface area (Å²) in [5.74, 6) is -3.90. The van der Waals surface area contributed by atoms with E-state index >= 15 is 0 Å². The quantitative estimate of drug-likeness (QED) is 0.0262. The number of rotatable bonds is 38. The lowest BCUT2D eigenvalue weighted by Crippen LogP contribution is -2.40. The Morgan fingerprint density at radius 2 is 0.857 bits per heavy atom. The van der Waals surface area contributed by atoms with Crippen molar-refractivity contribution in [1.29, 1.82) is 0 Å². The molecule has 0 radical (unpaired) electrons. The summed E-state index contributed by atoms with van der Waals surface area (Å²) in [7, 11) is 0. The second-order valence-electron chi connectivity index (χ2n) is 24.4. The number of hydrogen-bond acceptors (Lipinski definition) is 15. The van der Waals surface area contributed by atoms with E-state index in [9.17, 15) is 47.9 Å². The molecule has 1 aliphatic rings. The van der Waals surface area contributed by atoms with Gasteiger partial charge in [0, 0.05) is 84.1 Å². The highest BCUT2D eigenvalue weighted by atomic mass is 16.7. The molecule has 1 N–H and O–H groups in total. The van der Waals surface area contributed by atoms with Crippen LogP contribution in [0.2, 0.25) is 0 Å². The molecule has 1 fully saturated rings. The van der Waals surface area contributed by atoms with Gasteiger partial charge in [-0.05, 0) is 134 Å². The van der Waals surface area contributed by atoms with Gasteiger partial charge in [-0.1, -0.05) is 57.8 Å². The maximum atomic E-state index is 13.3. The molecule has 0 saturated carbocycles. The molecule has 1 heterocycles. The van der Waals surface area contributed by atoms with Gasteiger partial charge in [0.25, 0.3) is 11.8 Å². The van der Waals surface area contributed by atoms with E-state index in [1.165, 1.54) is 12.8 Å². The molecule has 0 aliphatic carbocycles. The van der Waals surface area contributed by atoms with E-state index in [2.05, 4.69) is 5.32 Å². The topological polar surface area (TPSA) is 239 Å². The number of nitrogens with one attached hydrogen (secondary N) is 1. The summed E-state index contributed by atoms with van der Waals surface area (Å²) in [5, 5.41) is 3.34. The Morgan fingerprint density at radius 3 is 1.32 bits per heavy atom. The third-order valence-electron chi connectivity index (χ3n) is 12.0. The molecule has 0 bridgehead atoms. The fourth-order valence-corrected chi connectivity index (χ4v) is 8.18. The van der Waals surface area contributed by atoms with Gasteiger partial charge in [0.2, 0.25) is 5.91 Å². The van der Waals surface area contributed by atoms with Gasteiger partial charge in [0.15, 0.2) is 0 Å². The number of amides is 5. The monoisotopic (exact) mass is 1090 g/mol. The first-order chi connectivity index (χ1) is 35.8. The number of Topliss-reactive ketones (excluding diaryl/α,β-unsaturated/α-hetero) is 2. The van der Waals surface area contributed by atoms with Crippen LogP contribution in [0.4, 0.5) is 9.59 Å². The Balaban J connectivity index is 2.59. The number of ketones is 2. The van der Waals surface area contributed by atoms with Crippen molar-refractivity contribution in [3.8, 4) is 0 Å². The predicted molar refractivity (Wildman–Crippen MR) is 292 cm³/mol. The summed E-state index contributed by atoms with van der Waals surface area (Å²) < 4.78 is 22.4. The molecule has 0 aromatic heterocycles. The Bertz CT molecular complexity index is 1860. The lowest BCUT2D eigenvalue weighted by atomic mass is 9.94. The highest BCUT2D eigenvalue weighted by molar-refractivity contribution is 6.01. The highest BCUT2D eigenvalue weighted by Crippen LogP contribution is 2.22. The Labute approximate surface area is 461 Å². The van der Waals surface area contributed by atoms with Gasteiger partial charge < -0.3 is 38.9 Å². The molecule has 77 heavy (non-hydrogen) atoms. The summed E-state index contributed by atoms with van der Waals surface area (Å²) in [5.41, 5.74) is -2.69. The largest absolute Gasteiger partial charge is 0.460 e. The minimum atomic E-state index is -0.840. The summed E-state index contributed by atoms with van der Waals surface area (Å²) >= 11 is 0. The lowest BCUT2D eigenvalue weighted by molar-refractivity contribution is -0.197. The van der Waals surface area contributed by atoms with Crippen molar-refractivity contribution in [3.05, 3.63) is 0 Å². The molecule has 1 atom stereocenters. The molecule has 1 aliphatic heterocycles. The number of carbonyl (C=O) groups is 10. The molecule has 1 rings (SSSR count). The van der Waals surface area contributed by atoms with Gasteiger partial charge in [-0.2, -0.15) is 0 Å². The van der Waals surface area contributed by atoms with Crippen molar-refractivity contribution in [2.24, 2.45) is 5.92 Å². The predicted octanol–water partition coefficient (Wildman–Crippen LogP) is 11.0. The van der Waals surface area contributed by atoms with E-state index in [1.807, 2.05) is 20.8 Å². The van der Waals surface area contributed by atoms with E-state index in [1.54, 1.807) is 72.1 Å². The van der Waals surface area contributed by atoms with E-state index in [0.717, 1.165) is 57.8 Å². The number of imide groups is 1. The normalized spacial score (nSPS) is 13.4. The van der Waals surface area contributed by atoms with Gasteiger partial charge >= 0.3 is 30.1 Å². The van der Waals surface area contributed by atoms with Crippen molar-refractivity contribution < 1.29 is 71.7 Å². The first kappa shape index (κ1) is 69.9. The van der Waals surface area contributed by atoms with E-state index < -0.39 is 64.3 Å². The number of esters is 2. The average molecular weight is 1090 g/mol. The van der Waals surface area contributed by atoms with Crippen molar-refractivity contribution in [3.63, 3.8) is 0 Å². The summed E-state index contributed by atoms with van der Waals surface area (Å²) in [4.78, 5) is 134. The van der Waals surface area contributed by atoms with Gasteiger partial charge in [-0.15, -0.1) is 5.06 Å². The highest BCUT2D eigenvalue weighted by Gasteiger charge is 2.33. The van der Waals surface area contributed by atoms with Crippen molar-refractivity contribution in [1.82, 2.24) is 20.2 Å². The second kappa shape index (κ2) is 36.1. The van der Waals surface area contributed by atoms with Crippen molar-refractivity contribution in [2.75, 3.05) is 32.7 Å². The molecule has 0 aromatic rings. The van der Waals surface area contributed by atoms with Crippen LogP contribution in [0.5, 0.6) is 0 Å². The summed E-state index contributed by atoms with van der Waals surface area (Å²) in [6.07, 6.45) is 13.6. The Hall–Kier alpha value is -5.10. The van der Waals surface area contributed by atoms with Crippen LogP contribution in [-0.2, 0) is 62.1 Å². The molecule has 0 spiro atoms. The first-order valence-electron chi connectivity index (χ1n) is 28.6. The first-order valence-corrected chi connectivity index (χ1v) is 28.6. The smallest absolute Gasteiger partial charge is 0.410 e. The van der Waals surface area contributed by atoms with Crippen LogP contribution in [0.15, 0.2) is 0 Å². The van der Waals surface area contributed by atoms with Gasteiger partial charge in [0.1, 0.15) is 34.0 Å². The standard InChI is InChI=1S/C58H100N4O15/c1-55(2,3)73-50(68)31-23-21-19-17-15-13-14-16-18-20-22-30-46(64)43-44(52(70)74-56(4,5)6)32-34-47(65)59-38-28-42-61(54(72)76-58(10,11)12)41-27-26-40-60(53(71)75-57(7,8)9)39-25-24-29-45(63)33-37-51(69)77-62-48(66)35-36-49(62)67/h44H,13-43H2,1-12H3,(H,59,65)/t44-/m1/s1. The van der Waals surface area contributed by atoms with Crippen LogP contribution in [0.25, 0.3) is 0 Å².